The summed E-state index contributed by atoms with van der Waals surface area (Å²) < 4.78 is 0. The smallest absolute Gasteiger partial charge is 0.0207 e. The molecule has 0 aromatic carbocycles. The van der Waals surface area contributed by atoms with Gasteiger partial charge in [0.05, 0.1) is 0 Å². The molecular weight excluding hydrogens is 204 g/mol. The van der Waals surface area contributed by atoms with Gasteiger partial charge < -0.3 is 5.32 Å². The van der Waals surface area contributed by atoms with Crippen molar-refractivity contribution >= 4 is 11.8 Å². The summed E-state index contributed by atoms with van der Waals surface area (Å²) in [6.45, 7) is 8.32. The SMILES string of the molecule is CSCCCCNC1CCN(C(C)C)C1. The Morgan fingerprint density at radius 2 is 2.20 bits per heavy atom. The highest BCUT2D eigenvalue weighted by Gasteiger charge is 2.22. The summed E-state index contributed by atoms with van der Waals surface area (Å²) in [7, 11) is 0. The van der Waals surface area contributed by atoms with E-state index >= 15 is 0 Å². The fraction of sp³-hybridized carbons (Fsp3) is 1.00. The highest BCUT2D eigenvalue weighted by molar-refractivity contribution is 7.98. The van der Waals surface area contributed by atoms with Crippen LogP contribution in [0.1, 0.15) is 33.1 Å². The summed E-state index contributed by atoms with van der Waals surface area (Å²) in [6.07, 6.45) is 6.21. The molecule has 0 amide bonds. The molecule has 1 saturated heterocycles. The standard InChI is InChI=1S/C12H26N2S/c1-11(2)14-8-6-12(10-14)13-7-4-5-9-15-3/h11-13H,4-10H2,1-3H3. The zero-order chi connectivity index (χ0) is 11.1. The van der Waals surface area contributed by atoms with Gasteiger partial charge in [-0.25, -0.2) is 0 Å². The lowest BCUT2D eigenvalue weighted by atomic mass is 10.2. The molecule has 0 spiro atoms. The normalized spacial score (nSPS) is 22.8. The Hall–Kier alpha value is 0.270. The van der Waals surface area contributed by atoms with Crippen molar-refractivity contribution in [2.75, 3.05) is 31.6 Å². The number of nitrogens with zero attached hydrogens (tertiary/aromatic N) is 1. The van der Waals surface area contributed by atoms with Crippen LogP contribution in [-0.4, -0.2) is 48.6 Å². The first kappa shape index (κ1) is 13.3. The van der Waals surface area contributed by atoms with E-state index in [-0.39, 0.29) is 0 Å². The molecule has 90 valence electrons. The van der Waals surface area contributed by atoms with Gasteiger partial charge in [-0.15, -0.1) is 0 Å². The molecule has 0 bridgehead atoms. The topological polar surface area (TPSA) is 15.3 Å². The zero-order valence-electron chi connectivity index (χ0n) is 10.5. The van der Waals surface area contributed by atoms with E-state index in [0.717, 1.165) is 6.04 Å². The van der Waals surface area contributed by atoms with Crippen molar-refractivity contribution in [3.63, 3.8) is 0 Å². The summed E-state index contributed by atoms with van der Waals surface area (Å²) >= 11 is 1.95. The van der Waals surface area contributed by atoms with Crippen molar-refractivity contribution in [1.82, 2.24) is 10.2 Å². The van der Waals surface area contributed by atoms with Gasteiger partial charge in [-0.3, -0.25) is 4.90 Å². The first-order chi connectivity index (χ1) is 7.24. The van der Waals surface area contributed by atoms with Gasteiger partial charge in [-0.05, 0) is 58.2 Å². The van der Waals surface area contributed by atoms with Crippen LogP contribution >= 0.6 is 11.8 Å². The fourth-order valence-electron chi connectivity index (χ4n) is 2.10. The van der Waals surface area contributed by atoms with Gasteiger partial charge in [0.15, 0.2) is 0 Å². The second kappa shape index (κ2) is 7.53. The van der Waals surface area contributed by atoms with Crippen LogP contribution in [-0.2, 0) is 0 Å². The lowest BCUT2D eigenvalue weighted by molar-refractivity contribution is 0.268. The van der Waals surface area contributed by atoms with E-state index in [1.807, 2.05) is 11.8 Å². The molecule has 0 aromatic heterocycles. The summed E-state index contributed by atoms with van der Waals surface area (Å²) in [5.41, 5.74) is 0. The van der Waals surface area contributed by atoms with E-state index in [9.17, 15) is 0 Å². The largest absolute Gasteiger partial charge is 0.313 e. The Bertz CT molecular complexity index is 162. The van der Waals surface area contributed by atoms with Gasteiger partial charge in [-0.1, -0.05) is 0 Å². The van der Waals surface area contributed by atoms with Crippen LogP contribution in [0.25, 0.3) is 0 Å². The Morgan fingerprint density at radius 3 is 2.80 bits per heavy atom. The van der Waals surface area contributed by atoms with Crippen LogP contribution in [0.15, 0.2) is 0 Å². The monoisotopic (exact) mass is 230 g/mol. The second-order valence-electron chi connectivity index (χ2n) is 4.73. The number of thioether (sulfide) groups is 1. The van der Waals surface area contributed by atoms with Gasteiger partial charge in [0.1, 0.15) is 0 Å². The third kappa shape index (κ3) is 5.23. The molecule has 1 heterocycles. The molecule has 0 aliphatic carbocycles. The zero-order valence-corrected chi connectivity index (χ0v) is 11.3. The number of hydrogen-bond donors (Lipinski definition) is 1. The summed E-state index contributed by atoms with van der Waals surface area (Å²) in [4.78, 5) is 2.57. The molecule has 1 N–H and O–H groups in total. The maximum atomic E-state index is 3.67. The number of rotatable bonds is 7. The summed E-state index contributed by atoms with van der Waals surface area (Å²) in [5.74, 6) is 1.31. The molecule has 0 saturated carbocycles. The van der Waals surface area contributed by atoms with Gasteiger partial charge in [0, 0.05) is 18.6 Å². The van der Waals surface area contributed by atoms with Crippen molar-refractivity contribution in [2.24, 2.45) is 0 Å². The van der Waals surface area contributed by atoms with Crippen LogP contribution in [0.3, 0.4) is 0 Å². The van der Waals surface area contributed by atoms with Gasteiger partial charge in [0.2, 0.25) is 0 Å². The van der Waals surface area contributed by atoms with Gasteiger partial charge >= 0.3 is 0 Å². The van der Waals surface area contributed by atoms with Crippen LogP contribution in [0.4, 0.5) is 0 Å². The number of nitrogens with one attached hydrogen (secondary N) is 1. The van der Waals surface area contributed by atoms with Crippen molar-refractivity contribution < 1.29 is 0 Å². The molecule has 15 heavy (non-hydrogen) atoms. The Labute approximate surface area is 99.2 Å². The Kier molecular flexibility index (Phi) is 6.69. The van der Waals surface area contributed by atoms with E-state index in [1.54, 1.807) is 0 Å². The highest BCUT2D eigenvalue weighted by atomic mass is 32.2. The van der Waals surface area contributed by atoms with Crippen LogP contribution in [0, 0.1) is 0 Å². The summed E-state index contributed by atoms with van der Waals surface area (Å²) in [6, 6.07) is 1.47. The quantitative estimate of drug-likeness (QED) is 0.675. The highest BCUT2D eigenvalue weighted by Crippen LogP contribution is 2.12. The maximum absolute atomic E-state index is 3.67. The number of likely N-dealkylation sites (tertiary alicyclic amines) is 1. The predicted molar refractivity (Wildman–Crippen MR) is 70.7 cm³/mol. The lowest BCUT2D eigenvalue weighted by Crippen LogP contribution is -2.35. The van der Waals surface area contributed by atoms with Crippen molar-refractivity contribution in [3.8, 4) is 0 Å². The molecule has 0 aromatic rings. The number of hydrogen-bond acceptors (Lipinski definition) is 3. The van der Waals surface area contributed by atoms with Crippen LogP contribution in [0.5, 0.6) is 0 Å². The van der Waals surface area contributed by atoms with Crippen molar-refractivity contribution in [2.45, 2.75) is 45.2 Å². The second-order valence-corrected chi connectivity index (χ2v) is 5.71. The molecule has 1 rings (SSSR count). The first-order valence-electron chi connectivity index (χ1n) is 6.20. The Morgan fingerprint density at radius 1 is 1.40 bits per heavy atom. The molecule has 1 atom stereocenters. The van der Waals surface area contributed by atoms with E-state index in [4.69, 9.17) is 0 Å². The van der Waals surface area contributed by atoms with Crippen LogP contribution < -0.4 is 5.32 Å². The third-order valence-electron chi connectivity index (χ3n) is 3.16. The van der Waals surface area contributed by atoms with Crippen molar-refractivity contribution in [3.05, 3.63) is 0 Å². The molecule has 0 radical (unpaired) electrons. The average Bonchev–Trinajstić information content (AvgIpc) is 2.66. The maximum Gasteiger partial charge on any atom is 0.0207 e. The lowest BCUT2D eigenvalue weighted by Gasteiger charge is -2.20. The van der Waals surface area contributed by atoms with Gasteiger partial charge in [0.25, 0.3) is 0 Å². The van der Waals surface area contributed by atoms with E-state index in [2.05, 4.69) is 30.3 Å². The first-order valence-corrected chi connectivity index (χ1v) is 7.59. The minimum atomic E-state index is 0.716. The third-order valence-corrected chi connectivity index (χ3v) is 3.86. The average molecular weight is 230 g/mol. The molecular formula is C12H26N2S. The minimum Gasteiger partial charge on any atom is -0.313 e. The van der Waals surface area contributed by atoms with E-state index in [1.165, 1.54) is 44.6 Å². The Balaban J connectivity index is 1.99. The van der Waals surface area contributed by atoms with Crippen molar-refractivity contribution in [1.29, 1.82) is 0 Å². The molecule has 1 fully saturated rings. The molecule has 1 unspecified atom stereocenters. The molecule has 1 aliphatic heterocycles. The molecule has 3 heteroatoms. The van der Waals surface area contributed by atoms with Crippen LogP contribution in [0.2, 0.25) is 0 Å². The van der Waals surface area contributed by atoms with E-state index < -0.39 is 0 Å². The molecule has 1 aliphatic rings. The fourth-order valence-corrected chi connectivity index (χ4v) is 2.59. The van der Waals surface area contributed by atoms with Gasteiger partial charge in [-0.2, -0.15) is 11.8 Å². The molecule has 2 nitrogen and oxygen atoms in total. The predicted octanol–water partition coefficient (Wildman–Crippen LogP) is 2.20. The number of unbranched alkanes of at least 4 members (excludes halogenated alkanes) is 1. The van der Waals surface area contributed by atoms with E-state index in [0.29, 0.717) is 6.04 Å². The summed E-state index contributed by atoms with van der Waals surface area (Å²) in [5, 5.41) is 3.67. The minimum absolute atomic E-state index is 0.716.